The lowest BCUT2D eigenvalue weighted by Gasteiger charge is -2.44. The lowest BCUT2D eigenvalue weighted by molar-refractivity contribution is 0.0982. The van der Waals surface area contributed by atoms with Gasteiger partial charge in [-0.15, -0.1) is 0 Å². The van der Waals surface area contributed by atoms with Gasteiger partial charge in [0.15, 0.2) is 0 Å². The molecule has 1 saturated carbocycles. The minimum atomic E-state index is -1.44. The number of hydrogen-bond acceptors (Lipinski definition) is 4. The van der Waals surface area contributed by atoms with E-state index in [4.69, 9.17) is 16.3 Å². The molecule has 0 saturated heterocycles. The van der Waals surface area contributed by atoms with Crippen LogP contribution in [0.1, 0.15) is 102 Å². The number of benzene rings is 2. The van der Waals surface area contributed by atoms with Crippen molar-refractivity contribution in [3.05, 3.63) is 58.1 Å². The normalized spacial score (nSPS) is 23.9. The Morgan fingerprint density at radius 1 is 1.12 bits per heavy atom. The van der Waals surface area contributed by atoms with Crippen LogP contribution in [0.25, 0.3) is 0 Å². The first kappa shape index (κ1) is 33.5. The van der Waals surface area contributed by atoms with Gasteiger partial charge in [-0.2, -0.15) is 0 Å². The fourth-order valence-electron chi connectivity index (χ4n) is 6.16. The molecule has 6 atom stereocenters. The van der Waals surface area contributed by atoms with Crippen molar-refractivity contribution >= 4 is 34.2 Å². The molecule has 41 heavy (non-hydrogen) atoms. The van der Waals surface area contributed by atoms with Gasteiger partial charge in [-0.3, -0.25) is 9.52 Å². The van der Waals surface area contributed by atoms with Crippen molar-refractivity contribution in [3.8, 4) is 5.75 Å². The Morgan fingerprint density at radius 3 is 2.46 bits per heavy atom. The number of halogens is 1. The molecule has 7 heteroatoms. The molecular weight excluding hydrogens is 552 g/mol. The van der Waals surface area contributed by atoms with Gasteiger partial charge in [0.05, 0.1) is 17.5 Å². The highest BCUT2D eigenvalue weighted by Crippen LogP contribution is 2.43. The minimum absolute atomic E-state index is 0.112. The van der Waals surface area contributed by atoms with Crippen LogP contribution in [-0.2, 0) is 17.4 Å². The van der Waals surface area contributed by atoms with Crippen LogP contribution in [0, 0.1) is 23.7 Å². The molecular formula is C34H51ClN2O3S. The number of hydrogen-bond donors (Lipinski definition) is 1. The monoisotopic (exact) mass is 602 g/mol. The molecule has 0 radical (unpaired) electrons. The van der Waals surface area contributed by atoms with E-state index < -0.39 is 11.0 Å². The average Bonchev–Trinajstić information content (AvgIpc) is 3.15. The number of nitrogens with one attached hydrogen (secondary N) is 1. The predicted molar refractivity (Wildman–Crippen MR) is 175 cm³/mol. The second-order valence-corrected chi connectivity index (χ2v) is 13.8. The molecule has 1 N–H and O–H groups in total. The first-order chi connectivity index (χ1) is 19.6. The Kier molecular flexibility index (Phi) is 12.6. The summed E-state index contributed by atoms with van der Waals surface area (Å²) < 4.78 is 22.0. The Hall–Kier alpha value is -2.05. The van der Waals surface area contributed by atoms with Crippen LogP contribution < -0.4 is 14.4 Å². The summed E-state index contributed by atoms with van der Waals surface area (Å²) in [7, 11) is -1.44. The molecule has 1 heterocycles. The van der Waals surface area contributed by atoms with Crippen LogP contribution in [-0.4, -0.2) is 35.1 Å². The standard InChI is InChI=1S/C32H45ClN2O3S.C2H6/c1-7-9-24-15-27(33)11-12-28(24)26-17-35(18-29-21(4)14-22(29)5)30-16-25(10-13-31(30)38-19-26)32(36)34-39(37)23(6)20(3)8-2;1-2/h10-13,15-16,20-23,26,29H,7-9,14,17-19H2,1-6H3,(H,34,36);1-2H3. The zero-order valence-electron chi connectivity index (χ0n) is 26.3. The average molecular weight is 603 g/mol. The van der Waals surface area contributed by atoms with Gasteiger partial charge < -0.3 is 9.64 Å². The van der Waals surface area contributed by atoms with E-state index in [0.29, 0.717) is 29.9 Å². The van der Waals surface area contributed by atoms with Crippen molar-refractivity contribution in [2.75, 3.05) is 24.6 Å². The molecule has 1 amide bonds. The van der Waals surface area contributed by atoms with Crippen LogP contribution in [0.5, 0.6) is 5.75 Å². The van der Waals surface area contributed by atoms with Crippen molar-refractivity contribution in [1.82, 2.24) is 4.72 Å². The first-order valence-corrected chi connectivity index (χ1v) is 17.2. The van der Waals surface area contributed by atoms with Crippen LogP contribution in [0.3, 0.4) is 0 Å². The van der Waals surface area contributed by atoms with Gasteiger partial charge in [0.1, 0.15) is 16.7 Å². The molecule has 5 nitrogen and oxygen atoms in total. The number of aryl methyl sites for hydroxylation is 1. The number of fused-ring (bicyclic) bond motifs is 1. The largest absolute Gasteiger partial charge is 0.491 e. The molecule has 1 fully saturated rings. The van der Waals surface area contributed by atoms with Gasteiger partial charge in [-0.1, -0.05) is 79.0 Å². The summed E-state index contributed by atoms with van der Waals surface area (Å²) in [6, 6.07) is 11.9. The van der Waals surface area contributed by atoms with E-state index >= 15 is 0 Å². The van der Waals surface area contributed by atoms with Crippen molar-refractivity contribution in [1.29, 1.82) is 0 Å². The van der Waals surface area contributed by atoms with Gasteiger partial charge >= 0.3 is 0 Å². The maximum absolute atomic E-state index is 13.2. The van der Waals surface area contributed by atoms with Crippen LogP contribution in [0.4, 0.5) is 5.69 Å². The van der Waals surface area contributed by atoms with E-state index in [1.165, 1.54) is 17.5 Å². The third-order valence-corrected chi connectivity index (χ3v) is 10.9. The predicted octanol–water partition coefficient (Wildman–Crippen LogP) is 8.42. The molecule has 1 aliphatic carbocycles. The number of ether oxygens (including phenoxy) is 1. The lowest BCUT2D eigenvalue weighted by Crippen LogP contribution is -2.43. The third-order valence-electron chi connectivity index (χ3n) is 9.12. The molecule has 0 spiro atoms. The highest BCUT2D eigenvalue weighted by Gasteiger charge is 2.37. The summed E-state index contributed by atoms with van der Waals surface area (Å²) in [5.74, 6) is 2.88. The van der Waals surface area contributed by atoms with Crippen LogP contribution >= 0.6 is 11.6 Å². The number of carbonyl (C=O) groups is 1. The maximum Gasteiger partial charge on any atom is 0.263 e. The van der Waals surface area contributed by atoms with Gasteiger partial charge in [0.2, 0.25) is 0 Å². The Balaban J connectivity index is 0.00000226. The fraction of sp³-hybridized carbons (Fsp3) is 0.618. The maximum atomic E-state index is 13.2. The van der Waals surface area contributed by atoms with E-state index in [1.54, 1.807) is 6.07 Å². The third kappa shape index (κ3) is 8.07. The highest BCUT2D eigenvalue weighted by atomic mass is 35.5. The molecule has 2 aromatic rings. The van der Waals surface area contributed by atoms with Crippen molar-refractivity contribution < 1.29 is 13.7 Å². The van der Waals surface area contributed by atoms with Gasteiger partial charge in [-0.05, 0) is 84.9 Å². The number of nitrogens with zero attached hydrogens (tertiary/aromatic N) is 1. The van der Waals surface area contributed by atoms with E-state index in [2.05, 4.69) is 56.4 Å². The molecule has 0 aromatic heterocycles. The van der Waals surface area contributed by atoms with Crippen LogP contribution in [0.15, 0.2) is 36.4 Å². The highest BCUT2D eigenvalue weighted by molar-refractivity contribution is 7.84. The minimum Gasteiger partial charge on any atom is -0.491 e. The second-order valence-electron chi connectivity index (χ2n) is 11.9. The lowest BCUT2D eigenvalue weighted by atomic mass is 9.66. The van der Waals surface area contributed by atoms with E-state index in [1.807, 2.05) is 39.0 Å². The van der Waals surface area contributed by atoms with E-state index in [0.717, 1.165) is 48.8 Å². The summed E-state index contributed by atoms with van der Waals surface area (Å²) in [5, 5.41) is 0.656. The Labute approximate surface area is 256 Å². The SMILES string of the molecule is CC.CCCc1cc(Cl)ccc1C1COc2ccc(C(=O)NS(=O)C(C)C(C)CC)cc2N(CC2C(C)CC2C)C1. The summed E-state index contributed by atoms with van der Waals surface area (Å²) in [4.78, 5) is 15.6. The fourth-order valence-corrected chi connectivity index (χ4v) is 7.45. The van der Waals surface area contributed by atoms with Gasteiger partial charge in [0.25, 0.3) is 5.91 Å². The van der Waals surface area contributed by atoms with Gasteiger partial charge in [0, 0.05) is 29.6 Å². The first-order valence-electron chi connectivity index (χ1n) is 15.6. The Morgan fingerprint density at radius 2 is 1.83 bits per heavy atom. The molecule has 1 aliphatic heterocycles. The second kappa shape index (κ2) is 15.4. The summed E-state index contributed by atoms with van der Waals surface area (Å²) >= 11 is 6.38. The topological polar surface area (TPSA) is 58.6 Å². The van der Waals surface area contributed by atoms with Crippen LogP contribution in [0.2, 0.25) is 5.02 Å². The van der Waals surface area contributed by atoms with Gasteiger partial charge in [-0.25, -0.2) is 4.21 Å². The molecule has 228 valence electrons. The van der Waals surface area contributed by atoms with E-state index in [-0.39, 0.29) is 23.0 Å². The quantitative estimate of drug-likeness (QED) is 0.296. The van der Waals surface area contributed by atoms with Crippen molar-refractivity contribution in [3.63, 3.8) is 0 Å². The summed E-state index contributed by atoms with van der Waals surface area (Å²) in [6.07, 6.45) is 4.20. The number of carbonyl (C=O) groups excluding carboxylic acids is 1. The zero-order chi connectivity index (χ0) is 30.3. The molecule has 6 unspecified atom stereocenters. The molecule has 2 aliphatic rings. The Bertz CT molecular complexity index is 1180. The van der Waals surface area contributed by atoms with E-state index in [9.17, 15) is 9.00 Å². The van der Waals surface area contributed by atoms with Crippen molar-refractivity contribution in [2.24, 2.45) is 23.7 Å². The smallest absolute Gasteiger partial charge is 0.263 e. The molecule has 0 bridgehead atoms. The molecule has 2 aromatic carbocycles. The van der Waals surface area contributed by atoms with Crippen molar-refractivity contribution in [2.45, 2.75) is 92.2 Å². The zero-order valence-corrected chi connectivity index (χ0v) is 27.9. The summed E-state index contributed by atoms with van der Waals surface area (Å²) in [6.45, 7) is 19.3. The number of rotatable bonds is 10. The number of anilines is 1. The number of amides is 1. The molecule has 4 rings (SSSR count). The summed E-state index contributed by atoms with van der Waals surface area (Å²) in [5.41, 5.74) is 4.04.